The Morgan fingerprint density at radius 1 is 1.17 bits per heavy atom. The molecule has 96 valence electrons. The van der Waals surface area contributed by atoms with Gasteiger partial charge >= 0.3 is 0 Å². The van der Waals surface area contributed by atoms with E-state index >= 15 is 0 Å². The number of nitrogens with one attached hydrogen (secondary N) is 1. The van der Waals surface area contributed by atoms with Crippen LogP contribution in [0, 0.1) is 27.7 Å². The molecule has 1 aromatic carbocycles. The molecule has 0 aliphatic heterocycles. The number of hydrogen-bond acceptors (Lipinski definition) is 3. The van der Waals surface area contributed by atoms with E-state index in [0.29, 0.717) is 0 Å². The summed E-state index contributed by atoms with van der Waals surface area (Å²) in [5.41, 5.74) is 4.82. The molecule has 0 aliphatic rings. The quantitative estimate of drug-likeness (QED) is 0.881. The smallest absolute Gasteiger partial charge is 0.0900 e. The number of rotatable bonds is 3. The third-order valence-electron chi connectivity index (χ3n) is 2.89. The summed E-state index contributed by atoms with van der Waals surface area (Å²) in [6.07, 6.45) is 0. The number of aromatic nitrogens is 1. The summed E-state index contributed by atoms with van der Waals surface area (Å²) >= 11 is 5.35. The number of anilines is 1. The summed E-state index contributed by atoms with van der Waals surface area (Å²) in [6, 6.07) is 4.33. The normalized spacial score (nSPS) is 10.7. The third-order valence-corrected chi connectivity index (χ3v) is 5.21. The fourth-order valence-electron chi connectivity index (χ4n) is 1.97. The van der Waals surface area contributed by atoms with E-state index in [1.807, 2.05) is 0 Å². The van der Waals surface area contributed by atoms with Crippen LogP contribution >= 0.6 is 27.3 Å². The molecule has 0 saturated heterocycles. The van der Waals surface area contributed by atoms with E-state index in [4.69, 9.17) is 0 Å². The molecule has 0 amide bonds. The molecule has 0 radical (unpaired) electrons. The van der Waals surface area contributed by atoms with Gasteiger partial charge in [0.05, 0.1) is 17.2 Å². The zero-order valence-electron chi connectivity index (χ0n) is 11.1. The standard InChI is InChI=1S/C14H17BrN2S/c1-8-5-12(6-9(2)14(8)15)16-7-13-10(3)17-11(4)18-13/h5-6,16H,7H2,1-4H3. The Bertz CT molecular complexity index is 552. The van der Waals surface area contributed by atoms with Gasteiger partial charge in [-0.15, -0.1) is 11.3 Å². The lowest BCUT2D eigenvalue weighted by molar-refractivity contribution is 1.10. The van der Waals surface area contributed by atoms with E-state index in [2.05, 4.69) is 66.1 Å². The van der Waals surface area contributed by atoms with Gasteiger partial charge in [0.2, 0.25) is 0 Å². The number of benzene rings is 1. The highest BCUT2D eigenvalue weighted by Gasteiger charge is 2.06. The van der Waals surface area contributed by atoms with Gasteiger partial charge in [-0.1, -0.05) is 15.9 Å². The number of halogens is 1. The van der Waals surface area contributed by atoms with Gasteiger partial charge in [-0.05, 0) is 51.0 Å². The molecule has 0 aliphatic carbocycles. The maximum absolute atomic E-state index is 4.44. The number of thiazole rings is 1. The molecule has 18 heavy (non-hydrogen) atoms. The minimum atomic E-state index is 0.845. The Morgan fingerprint density at radius 3 is 2.28 bits per heavy atom. The highest BCUT2D eigenvalue weighted by molar-refractivity contribution is 9.10. The van der Waals surface area contributed by atoms with Crippen molar-refractivity contribution in [3.8, 4) is 0 Å². The van der Waals surface area contributed by atoms with Gasteiger partial charge < -0.3 is 5.32 Å². The Kier molecular flexibility index (Phi) is 4.07. The monoisotopic (exact) mass is 324 g/mol. The lowest BCUT2D eigenvalue weighted by Crippen LogP contribution is -2.00. The van der Waals surface area contributed by atoms with Crippen LogP contribution in [0.1, 0.15) is 26.7 Å². The molecule has 1 heterocycles. The first-order valence-corrected chi connectivity index (χ1v) is 7.52. The summed E-state index contributed by atoms with van der Waals surface area (Å²) in [7, 11) is 0. The molecule has 4 heteroatoms. The van der Waals surface area contributed by atoms with Gasteiger partial charge in [-0.25, -0.2) is 4.98 Å². The van der Waals surface area contributed by atoms with Crippen LogP contribution in [-0.4, -0.2) is 4.98 Å². The maximum atomic E-state index is 4.44. The van der Waals surface area contributed by atoms with Crippen molar-refractivity contribution >= 4 is 33.0 Å². The van der Waals surface area contributed by atoms with Gasteiger partial charge in [0, 0.05) is 15.0 Å². The van der Waals surface area contributed by atoms with E-state index in [0.717, 1.165) is 17.2 Å². The molecule has 2 aromatic rings. The van der Waals surface area contributed by atoms with Crippen molar-refractivity contribution in [1.82, 2.24) is 4.98 Å². The molecule has 0 spiro atoms. The number of nitrogens with zero attached hydrogens (tertiary/aromatic N) is 1. The minimum Gasteiger partial charge on any atom is -0.380 e. The predicted molar refractivity (Wildman–Crippen MR) is 82.5 cm³/mol. The van der Waals surface area contributed by atoms with E-state index in [1.54, 1.807) is 11.3 Å². The lowest BCUT2D eigenvalue weighted by atomic mass is 10.1. The van der Waals surface area contributed by atoms with Gasteiger partial charge in [0.15, 0.2) is 0 Å². The molecular weight excluding hydrogens is 308 g/mol. The van der Waals surface area contributed by atoms with E-state index in [9.17, 15) is 0 Å². The second-order valence-corrected chi connectivity index (χ2v) is 6.60. The Balaban J connectivity index is 2.13. The second-order valence-electron chi connectivity index (χ2n) is 4.52. The zero-order chi connectivity index (χ0) is 13.3. The van der Waals surface area contributed by atoms with E-state index in [-0.39, 0.29) is 0 Å². The Labute approximate surface area is 121 Å². The van der Waals surface area contributed by atoms with Crippen LogP contribution in [0.5, 0.6) is 0 Å². The van der Waals surface area contributed by atoms with Crippen LogP contribution in [0.15, 0.2) is 16.6 Å². The second kappa shape index (κ2) is 5.41. The van der Waals surface area contributed by atoms with Crippen molar-refractivity contribution in [3.63, 3.8) is 0 Å². The van der Waals surface area contributed by atoms with Crippen LogP contribution in [-0.2, 0) is 6.54 Å². The van der Waals surface area contributed by atoms with Gasteiger partial charge in [-0.3, -0.25) is 0 Å². The summed E-state index contributed by atoms with van der Waals surface area (Å²) in [6.45, 7) is 9.19. The van der Waals surface area contributed by atoms with Crippen LogP contribution in [0.25, 0.3) is 0 Å². The molecule has 1 aromatic heterocycles. The maximum Gasteiger partial charge on any atom is 0.0900 e. The first-order chi connectivity index (χ1) is 8.47. The highest BCUT2D eigenvalue weighted by atomic mass is 79.9. The third kappa shape index (κ3) is 2.93. The summed E-state index contributed by atoms with van der Waals surface area (Å²) in [5, 5.41) is 4.61. The molecule has 1 N–H and O–H groups in total. The van der Waals surface area contributed by atoms with Gasteiger partial charge in [-0.2, -0.15) is 0 Å². The van der Waals surface area contributed by atoms with Crippen molar-refractivity contribution in [3.05, 3.63) is 43.3 Å². The zero-order valence-corrected chi connectivity index (χ0v) is 13.5. The number of aryl methyl sites for hydroxylation is 4. The molecule has 0 unspecified atom stereocenters. The van der Waals surface area contributed by atoms with Crippen molar-refractivity contribution in [2.24, 2.45) is 0 Å². The molecular formula is C14H17BrN2S. The van der Waals surface area contributed by atoms with Crippen LogP contribution < -0.4 is 5.32 Å². The largest absolute Gasteiger partial charge is 0.380 e. The van der Waals surface area contributed by atoms with E-state index in [1.165, 1.54) is 26.2 Å². The summed E-state index contributed by atoms with van der Waals surface area (Å²) in [4.78, 5) is 5.75. The Morgan fingerprint density at radius 2 is 1.78 bits per heavy atom. The Hall–Kier alpha value is -0.870. The molecule has 0 bridgehead atoms. The molecule has 0 saturated carbocycles. The average Bonchev–Trinajstić information content (AvgIpc) is 2.62. The van der Waals surface area contributed by atoms with Crippen LogP contribution in [0.4, 0.5) is 5.69 Å². The van der Waals surface area contributed by atoms with E-state index < -0.39 is 0 Å². The average molecular weight is 325 g/mol. The topological polar surface area (TPSA) is 24.9 Å². The summed E-state index contributed by atoms with van der Waals surface area (Å²) < 4.78 is 1.19. The summed E-state index contributed by atoms with van der Waals surface area (Å²) in [5.74, 6) is 0. The molecule has 0 fully saturated rings. The van der Waals surface area contributed by atoms with Crippen molar-refractivity contribution < 1.29 is 0 Å². The first kappa shape index (κ1) is 13.6. The number of hydrogen-bond donors (Lipinski definition) is 1. The van der Waals surface area contributed by atoms with Crippen molar-refractivity contribution in [2.75, 3.05) is 5.32 Å². The lowest BCUT2D eigenvalue weighted by Gasteiger charge is -2.10. The molecule has 2 nitrogen and oxygen atoms in total. The molecule has 2 rings (SSSR count). The first-order valence-electron chi connectivity index (χ1n) is 5.91. The van der Waals surface area contributed by atoms with Gasteiger partial charge in [0.1, 0.15) is 0 Å². The SMILES string of the molecule is Cc1nc(C)c(CNc2cc(C)c(Br)c(C)c2)s1. The van der Waals surface area contributed by atoms with Gasteiger partial charge in [0.25, 0.3) is 0 Å². The molecule has 0 atom stereocenters. The fourth-order valence-corrected chi connectivity index (χ4v) is 3.07. The minimum absolute atomic E-state index is 0.845. The van der Waals surface area contributed by atoms with Crippen LogP contribution in [0.3, 0.4) is 0 Å². The van der Waals surface area contributed by atoms with Crippen LogP contribution in [0.2, 0.25) is 0 Å². The van der Waals surface area contributed by atoms with Crippen molar-refractivity contribution in [1.29, 1.82) is 0 Å². The fraction of sp³-hybridized carbons (Fsp3) is 0.357. The van der Waals surface area contributed by atoms with Crippen molar-refractivity contribution in [2.45, 2.75) is 34.2 Å². The highest BCUT2D eigenvalue weighted by Crippen LogP contribution is 2.26. The predicted octanol–water partition coefficient (Wildman–Crippen LogP) is 4.75.